The summed E-state index contributed by atoms with van der Waals surface area (Å²) in [5.41, 5.74) is 0. The molecule has 0 fully saturated rings. The van der Waals surface area contributed by atoms with E-state index in [-0.39, 0.29) is 0 Å². The second kappa shape index (κ2) is 14.5. The molecule has 0 saturated carbocycles. The molecular weight excluding hydrogens is 214 g/mol. The van der Waals surface area contributed by atoms with E-state index < -0.39 is 0 Å². The van der Waals surface area contributed by atoms with Crippen LogP contribution in [0.25, 0.3) is 0 Å². The number of hydrogen-bond donors (Lipinski definition) is 1. The van der Waals surface area contributed by atoms with Crippen molar-refractivity contribution < 1.29 is 0 Å². The van der Waals surface area contributed by atoms with Crippen molar-refractivity contribution in [2.45, 2.75) is 41.0 Å². The first-order valence-electron chi connectivity index (χ1n) is 5.93. The average molecular weight is 241 g/mol. The predicted octanol–water partition coefficient (Wildman–Crippen LogP) is 4.94. The van der Waals surface area contributed by atoms with Gasteiger partial charge in [-0.15, -0.1) is 0 Å². The second-order valence-electron chi connectivity index (χ2n) is 4.01. The zero-order valence-electron chi connectivity index (χ0n) is 11.4. The minimum atomic E-state index is 0.833. The van der Waals surface area contributed by atoms with Crippen LogP contribution < -0.4 is 4.72 Å². The largest absolute Gasteiger partial charge is 0.260 e. The lowest BCUT2D eigenvalue weighted by molar-refractivity contribution is 0.737. The van der Waals surface area contributed by atoms with E-state index in [0.717, 1.165) is 18.9 Å². The van der Waals surface area contributed by atoms with Crippen LogP contribution in [0.2, 0.25) is 0 Å². The van der Waals surface area contributed by atoms with Gasteiger partial charge in [0.25, 0.3) is 0 Å². The van der Waals surface area contributed by atoms with Gasteiger partial charge in [-0.2, -0.15) is 0 Å². The summed E-state index contributed by atoms with van der Waals surface area (Å²) in [6.07, 6.45) is 9.00. The average Bonchev–Trinajstić information content (AvgIpc) is 2.22. The highest BCUT2D eigenvalue weighted by molar-refractivity contribution is 8.01. The topological polar surface area (TPSA) is 12.0 Å². The molecule has 94 valence electrons. The molecule has 0 aliphatic heterocycles. The van der Waals surface area contributed by atoms with E-state index in [1.54, 1.807) is 18.0 Å². The lowest BCUT2D eigenvalue weighted by Crippen LogP contribution is -2.03. The fourth-order valence-corrected chi connectivity index (χ4v) is 1.33. The standard InChI is InChI=1S/C10H17NS.C4H10/c1-4-7-8-10(6-3)12-11-9-5-2;1-4(2)3/h4,6-8,11H,1,5,9H2,2-3H3;4H,1-3H3/b8-7-,10-6+;. The molecule has 0 heterocycles. The van der Waals surface area contributed by atoms with Gasteiger partial charge in [-0.05, 0) is 37.3 Å². The van der Waals surface area contributed by atoms with Crippen LogP contribution in [0.15, 0.2) is 35.8 Å². The maximum absolute atomic E-state index is 3.62. The molecule has 0 amide bonds. The highest BCUT2D eigenvalue weighted by Gasteiger charge is 1.89. The summed E-state index contributed by atoms with van der Waals surface area (Å²) in [5.74, 6) is 0.833. The van der Waals surface area contributed by atoms with Gasteiger partial charge in [-0.1, -0.05) is 52.5 Å². The summed E-state index contributed by atoms with van der Waals surface area (Å²) < 4.78 is 3.26. The van der Waals surface area contributed by atoms with Crippen LogP contribution in [0.3, 0.4) is 0 Å². The molecule has 0 unspecified atom stereocenters. The van der Waals surface area contributed by atoms with Crippen molar-refractivity contribution in [3.05, 3.63) is 35.8 Å². The molecular formula is C14H27NS. The van der Waals surface area contributed by atoms with Crippen molar-refractivity contribution in [1.29, 1.82) is 0 Å². The van der Waals surface area contributed by atoms with Gasteiger partial charge < -0.3 is 0 Å². The lowest BCUT2D eigenvalue weighted by atomic mass is 10.3. The normalized spacial score (nSPS) is 11.5. The summed E-state index contributed by atoms with van der Waals surface area (Å²) in [4.78, 5) is 1.23. The van der Waals surface area contributed by atoms with Crippen molar-refractivity contribution in [1.82, 2.24) is 4.72 Å². The molecule has 0 aliphatic rings. The van der Waals surface area contributed by atoms with Gasteiger partial charge in [0.15, 0.2) is 0 Å². The Morgan fingerprint density at radius 1 is 1.38 bits per heavy atom. The van der Waals surface area contributed by atoms with Crippen LogP contribution in [0, 0.1) is 5.92 Å². The smallest absolute Gasteiger partial charge is 0.0185 e. The first-order chi connectivity index (χ1) is 7.58. The molecule has 0 aliphatic carbocycles. The van der Waals surface area contributed by atoms with Crippen LogP contribution in [0.1, 0.15) is 41.0 Å². The minimum Gasteiger partial charge on any atom is -0.260 e. The fourth-order valence-electron chi connectivity index (χ4n) is 0.588. The maximum atomic E-state index is 3.62. The summed E-state index contributed by atoms with van der Waals surface area (Å²) >= 11 is 1.66. The van der Waals surface area contributed by atoms with E-state index in [2.05, 4.69) is 45.1 Å². The molecule has 0 bridgehead atoms. The van der Waals surface area contributed by atoms with Gasteiger partial charge >= 0.3 is 0 Å². The summed E-state index contributed by atoms with van der Waals surface area (Å²) in [7, 11) is 0. The molecule has 0 spiro atoms. The molecule has 0 aromatic carbocycles. The number of allylic oxidation sites excluding steroid dienone is 4. The van der Waals surface area contributed by atoms with Crippen molar-refractivity contribution in [3.63, 3.8) is 0 Å². The predicted molar refractivity (Wildman–Crippen MR) is 79.5 cm³/mol. The van der Waals surface area contributed by atoms with Crippen molar-refractivity contribution in [2.24, 2.45) is 5.92 Å². The molecule has 0 radical (unpaired) electrons. The zero-order valence-corrected chi connectivity index (χ0v) is 12.2. The maximum Gasteiger partial charge on any atom is 0.0185 e. The first-order valence-corrected chi connectivity index (χ1v) is 6.75. The van der Waals surface area contributed by atoms with E-state index in [0.29, 0.717) is 0 Å². The first kappa shape index (κ1) is 17.9. The third-order valence-corrected chi connectivity index (χ3v) is 2.18. The molecule has 16 heavy (non-hydrogen) atoms. The van der Waals surface area contributed by atoms with Crippen LogP contribution >= 0.6 is 11.9 Å². The molecule has 0 aromatic heterocycles. The van der Waals surface area contributed by atoms with Crippen molar-refractivity contribution >= 4 is 11.9 Å². The Kier molecular flexibility index (Phi) is 16.3. The Hall–Kier alpha value is -0.470. The Morgan fingerprint density at radius 3 is 2.31 bits per heavy atom. The molecule has 1 N–H and O–H groups in total. The van der Waals surface area contributed by atoms with Gasteiger partial charge in [0.1, 0.15) is 0 Å². The Balaban J connectivity index is 0. The van der Waals surface area contributed by atoms with E-state index in [1.807, 2.05) is 19.1 Å². The van der Waals surface area contributed by atoms with Gasteiger partial charge in [0, 0.05) is 11.4 Å². The SMILES string of the molecule is C=C/C=C\C(=C/C)SNCCC.CC(C)C. The van der Waals surface area contributed by atoms with Gasteiger partial charge in [-0.25, -0.2) is 0 Å². The summed E-state index contributed by atoms with van der Waals surface area (Å²) in [5, 5.41) is 0. The number of rotatable bonds is 6. The number of hydrogen-bond acceptors (Lipinski definition) is 2. The fraction of sp³-hybridized carbons (Fsp3) is 0.571. The minimum absolute atomic E-state index is 0.833. The van der Waals surface area contributed by atoms with Gasteiger partial charge in [0.2, 0.25) is 0 Å². The van der Waals surface area contributed by atoms with Crippen molar-refractivity contribution in [3.8, 4) is 0 Å². The monoisotopic (exact) mass is 241 g/mol. The van der Waals surface area contributed by atoms with Crippen LogP contribution in [-0.2, 0) is 0 Å². The van der Waals surface area contributed by atoms with Crippen molar-refractivity contribution in [2.75, 3.05) is 6.54 Å². The van der Waals surface area contributed by atoms with E-state index in [9.17, 15) is 0 Å². The molecule has 0 atom stereocenters. The van der Waals surface area contributed by atoms with Crippen LogP contribution in [0.4, 0.5) is 0 Å². The van der Waals surface area contributed by atoms with E-state index in [1.165, 1.54) is 4.91 Å². The Morgan fingerprint density at radius 2 is 1.94 bits per heavy atom. The van der Waals surface area contributed by atoms with Gasteiger partial charge in [0.05, 0.1) is 0 Å². The Bertz CT molecular complexity index is 202. The van der Waals surface area contributed by atoms with Crippen LogP contribution in [-0.4, -0.2) is 6.54 Å². The quantitative estimate of drug-likeness (QED) is 0.401. The Labute approximate surface area is 106 Å². The summed E-state index contributed by atoms with van der Waals surface area (Å²) in [6.45, 7) is 15.4. The third kappa shape index (κ3) is 19.2. The van der Waals surface area contributed by atoms with Crippen LogP contribution in [0.5, 0.6) is 0 Å². The van der Waals surface area contributed by atoms with E-state index in [4.69, 9.17) is 0 Å². The van der Waals surface area contributed by atoms with E-state index >= 15 is 0 Å². The number of nitrogens with one attached hydrogen (secondary N) is 1. The van der Waals surface area contributed by atoms with Gasteiger partial charge in [-0.3, -0.25) is 4.72 Å². The molecule has 2 heteroatoms. The highest BCUT2D eigenvalue weighted by Crippen LogP contribution is 2.12. The second-order valence-corrected chi connectivity index (χ2v) is 4.98. The molecule has 1 nitrogen and oxygen atoms in total. The molecule has 0 aromatic rings. The molecule has 0 rings (SSSR count). The summed E-state index contributed by atoms with van der Waals surface area (Å²) in [6, 6.07) is 0. The molecule has 0 saturated heterocycles. The highest BCUT2D eigenvalue weighted by atomic mass is 32.2. The third-order valence-electron chi connectivity index (χ3n) is 1.22. The zero-order chi connectivity index (χ0) is 12.8. The lowest BCUT2D eigenvalue weighted by Gasteiger charge is -2.01.